The molecule has 0 radical (unpaired) electrons. The van der Waals surface area contributed by atoms with Crippen molar-refractivity contribution >= 4 is 49.9 Å². The van der Waals surface area contributed by atoms with Crippen molar-refractivity contribution < 1.29 is 13.2 Å². The van der Waals surface area contributed by atoms with E-state index < -0.39 is 10.0 Å². The molecular weight excluding hydrogens is 427 g/mol. The highest BCUT2D eigenvalue weighted by molar-refractivity contribution is 14.1. The molecule has 0 aliphatic carbocycles. The number of benzene rings is 2. The van der Waals surface area contributed by atoms with Gasteiger partial charge in [0.1, 0.15) is 0 Å². The molecule has 5 nitrogen and oxygen atoms in total. The molecule has 1 amide bonds. The maximum Gasteiger partial charge on any atom is 0.255 e. The Morgan fingerprint density at radius 2 is 1.87 bits per heavy atom. The highest BCUT2D eigenvalue weighted by Gasteiger charge is 2.28. The summed E-state index contributed by atoms with van der Waals surface area (Å²) in [4.78, 5) is 12.2. The molecule has 1 aliphatic heterocycles. The van der Waals surface area contributed by atoms with Gasteiger partial charge in [0.25, 0.3) is 5.91 Å². The predicted molar refractivity (Wildman–Crippen MR) is 99.3 cm³/mol. The molecule has 0 unspecified atom stereocenters. The number of anilines is 2. The lowest BCUT2D eigenvalue weighted by Gasteiger charge is -2.17. The number of sulfonamides is 1. The van der Waals surface area contributed by atoms with E-state index in [0.29, 0.717) is 29.9 Å². The van der Waals surface area contributed by atoms with Gasteiger partial charge in [0.2, 0.25) is 10.0 Å². The Bertz CT molecular complexity index is 835. The Labute approximate surface area is 148 Å². The minimum absolute atomic E-state index is 0.190. The monoisotopic (exact) mass is 442 g/mol. The Morgan fingerprint density at radius 3 is 2.48 bits per heavy atom. The summed E-state index contributed by atoms with van der Waals surface area (Å²) >= 11 is 2.16. The molecule has 7 heteroatoms. The van der Waals surface area contributed by atoms with E-state index in [-0.39, 0.29) is 11.7 Å². The second-order valence-corrected chi connectivity index (χ2v) is 8.51. The molecule has 120 valence electrons. The summed E-state index contributed by atoms with van der Waals surface area (Å²) < 4.78 is 26.2. The van der Waals surface area contributed by atoms with Gasteiger partial charge in [-0.3, -0.25) is 9.10 Å². The van der Waals surface area contributed by atoms with E-state index in [4.69, 9.17) is 0 Å². The predicted octanol–water partition coefficient (Wildman–Crippen LogP) is 3.08. The minimum Gasteiger partial charge on any atom is -0.322 e. The third-order valence-corrected chi connectivity index (χ3v) is 6.14. The van der Waals surface area contributed by atoms with Gasteiger partial charge in [-0.1, -0.05) is 6.07 Å². The highest BCUT2D eigenvalue weighted by atomic mass is 127. The van der Waals surface area contributed by atoms with Crippen LogP contribution in [0, 0.1) is 3.57 Å². The lowest BCUT2D eigenvalue weighted by Crippen LogP contribution is -2.24. The average Bonchev–Trinajstić information content (AvgIpc) is 2.87. The lowest BCUT2D eigenvalue weighted by molar-refractivity contribution is 0.102. The molecule has 2 aromatic rings. The van der Waals surface area contributed by atoms with Crippen LogP contribution in [-0.4, -0.2) is 26.6 Å². The number of nitrogens with one attached hydrogen (secondary N) is 1. The van der Waals surface area contributed by atoms with Gasteiger partial charge in [-0.05, 0) is 71.5 Å². The van der Waals surface area contributed by atoms with E-state index in [1.807, 2.05) is 12.1 Å². The van der Waals surface area contributed by atoms with Crippen molar-refractivity contribution in [1.82, 2.24) is 0 Å². The van der Waals surface area contributed by atoms with Gasteiger partial charge in [0.15, 0.2) is 0 Å². The lowest BCUT2D eigenvalue weighted by atomic mass is 10.2. The molecular formula is C16H15IN2O3S. The third-order valence-electron chi connectivity index (χ3n) is 3.60. The minimum atomic E-state index is -3.18. The first-order chi connectivity index (χ1) is 11.0. The van der Waals surface area contributed by atoms with Gasteiger partial charge >= 0.3 is 0 Å². The first-order valence-corrected chi connectivity index (χ1v) is 9.82. The number of nitrogens with zero attached hydrogens (tertiary/aromatic N) is 1. The Hall–Kier alpha value is -1.61. The van der Waals surface area contributed by atoms with Crippen LogP contribution in [0.5, 0.6) is 0 Å². The van der Waals surface area contributed by atoms with Crippen LogP contribution in [0.25, 0.3) is 0 Å². The third kappa shape index (κ3) is 3.66. The fraction of sp³-hybridized carbons (Fsp3) is 0.188. The quantitative estimate of drug-likeness (QED) is 0.744. The number of hydrogen-bond acceptors (Lipinski definition) is 3. The van der Waals surface area contributed by atoms with Crippen molar-refractivity contribution in [3.63, 3.8) is 0 Å². The highest BCUT2D eigenvalue weighted by Crippen LogP contribution is 2.25. The molecule has 0 spiro atoms. The smallest absolute Gasteiger partial charge is 0.255 e. The average molecular weight is 442 g/mol. The maximum absolute atomic E-state index is 12.2. The van der Waals surface area contributed by atoms with Crippen LogP contribution in [0.3, 0.4) is 0 Å². The molecule has 0 aromatic heterocycles. The van der Waals surface area contributed by atoms with E-state index in [1.165, 1.54) is 4.31 Å². The molecule has 2 aromatic carbocycles. The molecule has 0 atom stereocenters. The van der Waals surface area contributed by atoms with Gasteiger partial charge < -0.3 is 5.32 Å². The Balaban J connectivity index is 1.74. The van der Waals surface area contributed by atoms with Crippen molar-refractivity contribution in [2.75, 3.05) is 21.9 Å². The van der Waals surface area contributed by atoms with E-state index >= 15 is 0 Å². The van der Waals surface area contributed by atoms with E-state index in [0.717, 1.165) is 3.57 Å². The Kier molecular flexibility index (Phi) is 4.58. The van der Waals surface area contributed by atoms with Gasteiger partial charge in [0.05, 0.1) is 11.4 Å². The number of rotatable bonds is 3. The van der Waals surface area contributed by atoms with Crippen LogP contribution in [-0.2, 0) is 10.0 Å². The maximum atomic E-state index is 12.2. The molecule has 1 saturated heterocycles. The van der Waals surface area contributed by atoms with Crippen molar-refractivity contribution in [2.45, 2.75) is 6.42 Å². The number of halogens is 1. The van der Waals surface area contributed by atoms with Crippen LogP contribution in [0.2, 0.25) is 0 Å². The second-order valence-electron chi connectivity index (χ2n) is 5.25. The normalized spacial score (nSPS) is 16.3. The fourth-order valence-corrected chi connectivity index (χ4v) is 4.58. The first-order valence-electron chi connectivity index (χ1n) is 7.13. The molecule has 0 bridgehead atoms. The standard InChI is InChI=1S/C16H15IN2O3S/c17-13-4-1-3-12(11-13)16(20)18-14-5-7-15(8-6-14)19-9-2-10-23(19,21)22/h1,3-8,11H,2,9-10H2,(H,18,20). The summed E-state index contributed by atoms with van der Waals surface area (Å²) in [7, 11) is -3.18. The van der Waals surface area contributed by atoms with Crippen LogP contribution >= 0.6 is 22.6 Å². The number of hydrogen-bond donors (Lipinski definition) is 1. The molecule has 23 heavy (non-hydrogen) atoms. The molecule has 1 N–H and O–H groups in total. The van der Waals surface area contributed by atoms with Crippen LogP contribution in [0.15, 0.2) is 48.5 Å². The zero-order valence-corrected chi connectivity index (χ0v) is 15.2. The van der Waals surface area contributed by atoms with Crippen molar-refractivity contribution in [3.05, 3.63) is 57.7 Å². The number of carbonyl (C=O) groups is 1. The molecule has 3 rings (SSSR count). The molecule has 1 aliphatic rings. The molecule has 0 saturated carbocycles. The topological polar surface area (TPSA) is 66.5 Å². The number of amides is 1. The van der Waals surface area contributed by atoms with Gasteiger partial charge in [-0.2, -0.15) is 0 Å². The molecule has 1 fully saturated rings. The zero-order chi connectivity index (χ0) is 16.4. The largest absolute Gasteiger partial charge is 0.322 e. The fourth-order valence-electron chi connectivity index (χ4n) is 2.47. The van der Waals surface area contributed by atoms with Gasteiger partial charge in [-0.25, -0.2) is 8.42 Å². The van der Waals surface area contributed by atoms with E-state index in [2.05, 4.69) is 27.9 Å². The summed E-state index contributed by atoms with van der Waals surface area (Å²) in [6, 6.07) is 14.2. The van der Waals surface area contributed by atoms with Gasteiger partial charge in [-0.15, -0.1) is 0 Å². The van der Waals surface area contributed by atoms with Crippen LogP contribution in [0.1, 0.15) is 16.8 Å². The first kappa shape index (κ1) is 16.3. The summed E-state index contributed by atoms with van der Waals surface area (Å²) in [5, 5.41) is 2.81. The zero-order valence-electron chi connectivity index (χ0n) is 12.2. The SMILES string of the molecule is O=C(Nc1ccc(N2CCCS2(=O)=O)cc1)c1cccc(I)c1. The van der Waals surface area contributed by atoms with Crippen LogP contribution < -0.4 is 9.62 Å². The van der Waals surface area contributed by atoms with Crippen molar-refractivity contribution in [2.24, 2.45) is 0 Å². The summed E-state index contributed by atoms with van der Waals surface area (Å²) in [5.41, 5.74) is 1.85. The number of carbonyl (C=O) groups excluding carboxylic acids is 1. The molecule has 1 heterocycles. The van der Waals surface area contributed by atoms with E-state index in [9.17, 15) is 13.2 Å². The van der Waals surface area contributed by atoms with E-state index in [1.54, 1.807) is 36.4 Å². The van der Waals surface area contributed by atoms with Crippen molar-refractivity contribution in [1.29, 1.82) is 0 Å². The summed E-state index contributed by atoms with van der Waals surface area (Å²) in [6.45, 7) is 0.510. The van der Waals surface area contributed by atoms with Gasteiger partial charge in [0, 0.05) is 21.4 Å². The van der Waals surface area contributed by atoms with Crippen LogP contribution in [0.4, 0.5) is 11.4 Å². The van der Waals surface area contributed by atoms with Crippen molar-refractivity contribution in [3.8, 4) is 0 Å². The second kappa shape index (κ2) is 6.48. The summed E-state index contributed by atoms with van der Waals surface area (Å²) in [5.74, 6) is 0.00283. The summed E-state index contributed by atoms with van der Waals surface area (Å²) in [6.07, 6.45) is 0.646. The Morgan fingerprint density at radius 1 is 1.13 bits per heavy atom.